The zero-order chi connectivity index (χ0) is 12.6. The summed E-state index contributed by atoms with van der Waals surface area (Å²) < 4.78 is 37.2. The third kappa shape index (κ3) is 2.36. The number of nitrogens with zero attached hydrogens (tertiary/aromatic N) is 3. The Bertz CT molecular complexity index is 549. The predicted molar refractivity (Wildman–Crippen MR) is 57.3 cm³/mol. The van der Waals surface area contributed by atoms with Crippen LogP contribution in [0.15, 0.2) is 12.4 Å². The molecule has 8 heteroatoms. The van der Waals surface area contributed by atoms with Crippen molar-refractivity contribution in [3.63, 3.8) is 0 Å². The van der Waals surface area contributed by atoms with Crippen LogP contribution in [0.2, 0.25) is 0 Å². The summed E-state index contributed by atoms with van der Waals surface area (Å²) in [7, 11) is 0. The molecule has 4 nitrogen and oxygen atoms in total. The highest BCUT2D eigenvalue weighted by atomic mass is 32.1. The van der Waals surface area contributed by atoms with Crippen LogP contribution >= 0.6 is 11.3 Å². The van der Waals surface area contributed by atoms with E-state index in [0.717, 1.165) is 6.20 Å². The second kappa shape index (κ2) is 3.95. The standard InChI is InChI=1S/C9H7F3N4S/c1-4-2-15-8(13)16-6(4)5-3-14-7(17-5)9(10,11)12/h2-3H,1H3,(H2,13,15,16). The molecule has 2 rings (SSSR count). The van der Waals surface area contributed by atoms with Crippen LogP contribution in [0, 0.1) is 6.92 Å². The Hall–Kier alpha value is -1.70. The Labute approximate surface area is 98.4 Å². The zero-order valence-corrected chi connectivity index (χ0v) is 9.43. The highest BCUT2D eigenvalue weighted by molar-refractivity contribution is 7.15. The number of anilines is 1. The van der Waals surface area contributed by atoms with Crippen LogP contribution in [-0.2, 0) is 6.18 Å². The van der Waals surface area contributed by atoms with Gasteiger partial charge in [0.25, 0.3) is 0 Å². The minimum absolute atomic E-state index is 0.0209. The molecule has 17 heavy (non-hydrogen) atoms. The molecule has 0 unspecified atom stereocenters. The van der Waals surface area contributed by atoms with Crippen LogP contribution < -0.4 is 5.73 Å². The van der Waals surface area contributed by atoms with Gasteiger partial charge >= 0.3 is 6.18 Å². The number of aromatic nitrogens is 3. The average molecular weight is 260 g/mol. The largest absolute Gasteiger partial charge is 0.443 e. The first-order valence-electron chi connectivity index (χ1n) is 4.50. The van der Waals surface area contributed by atoms with Gasteiger partial charge in [0.1, 0.15) is 0 Å². The van der Waals surface area contributed by atoms with E-state index in [4.69, 9.17) is 5.73 Å². The first kappa shape index (κ1) is 11.8. The Balaban J connectivity index is 2.47. The van der Waals surface area contributed by atoms with Crippen LogP contribution in [0.3, 0.4) is 0 Å². The van der Waals surface area contributed by atoms with Gasteiger partial charge in [-0.05, 0) is 12.5 Å². The molecule has 0 aliphatic rings. The fourth-order valence-corrected chi connectivity index (χ4v) is 2.06. The fourth-order valence-electron chi connectivity index (χ4n) is 1.22. The minimum atomic E-state index is -4.44. The van der Waals surface area contributed by atoms with E-state index in [-0.39, 0.29) is 5.95 Å². The number of nitrogen functional groups attached to an aromatic ring is 1. The summed E-state index contributed by atoms with van der Waals surface area (Å²) in [5, 5.41) is -0.899. The number of hydrogen-bond donors (Lipinski definition) is 1. The molecule has 0 saturated carbocycles. The number of hydrogen-bond acceptors (Lipinski definition) is 5. The predicted octanol–water partition coefficient (Wildman–Crippen LogP) is 2.51. The smallest absolute Gasteiger partial charge is 0.368 e. The van der Waals surface area contributed by atoms with E-state index in [0.29, 0.717) is 27.5 Å². The molecule has 0 fully saturated rings. The summed E-state index contributed by atoms with van der Waals surface area (Å²) >= 11 is 0.534. The second-order valence-corrected chi connectivity index (χ2v) is 4.32. The van der Waals surface area contributed by atoms with Crippen molar-refractivity contribution in [3.8, 4) is 10.6 Å². The Morgan fingerprint density at radius 2 is 1.94 bits per heavy atom. The lowest BCUT2D eigenvalue weighted by atomic mass is 10.2. The van der Waals surface area contributed by atoms with Crippen molar-refractivity contribution in [1.82, 2.24) is 15.0 Å². The lowest BCUT2D eigenvalue weighted by molar-refractivity contribution is -0.137. The van der Waals surface area contributed by atoms with Crippen molar-refractivity contribution in [2.24, 2.45) is 0 Å². The molecule has 2 heterocycles. The van der Waals surface area contributed by atoms with Gasteiger partial charge in [0.05, 0.1) is 10.6 Å². The van der Waals surface area contributed by atoms with Crippen LogP contribution in [0.4, 0.5) is 19.1 Å². The van der Waals surface area contributed by atoms with Crippen LogP contribution in [0.5, 0.6) is 0 Å². The Kier molecular flexibility index (Phi) is 2.74. The van der Waals surface area contributed by atoms with Crippen molar-refractivity contribution < 1.29 is 13.2 Å². The van der Waals surface area contributed by atoms with Crippen molar-refractivity contribution in [2.75, 3.05) is 5.73 Å². The second-order valence-electron chi connectivity index (χ2n) is 3.29. The first-order valence-corrected chi connectivity index (χ1v) is 5.32. The molecule has 0 aliphatic carbocycles. The first-order chi connectivity index (χ1) is 7.88. The maximum Gasteiger partial charge on any atom is 0.443 e. The molecule has 2 N–H and O–H groups in total. The highest BCUT2D eigenvalue weighted by Crippen LogP contribution is 2.36. The third-order valence-electron chi connectivity index (χ3n) is 1.97. The topological polar surface area (TPSA) is 64.7 Å². The number of aryl methyl sites for hydroxylation is 1. The number of halogens is 3. The molecule has 90 valence electrons. The molecule has 0 spiro atoms. The molecule has 0 aromatic carbocycles. The van der Waals surface area contributed by atoms with Gasteiger partial charge in [-0.3, -0.25) is 0 Å². The lowest BCUT2D eigenvalue weighted by Crippen LogP contribution is -2.02. The lowest BCUT2D eigenvalue weighted by Gasteiger charge is -2.02. The van der Waals surface area contributed by atoms with Crippen LogP contribution in [0.1, 0.15) is 10.6 Å². The van der Waals surface area contributed by atoms with Crippen LogP contribution in [-0.4, -0.2) is 15.0 Å². The number of alkyl halides is 3. The number of rotatable bonds is 1. The quantitative estimate of drug-likeness (QED) is 0.855. The van der Waals surface area contributed by atoms with Crippen molar-refractivity contribution in [2.45, 2.75) is 13.1 Å². The fraction of sp³-hybridized carbons (Fsp3) is 0.222. The molecular weight excluding hydrogens is 253 g/mol. The molecule has 2 aromatic heterocycles. The van der Waals surface area contributed by atoms with Crippen molar-refractivity contribution >= 4 is 17.3 Å². The molecule has 0 aliphatic heterocycles. The molecule has 2 aromatic rings. The maximum atomic E-state index is 12.4. The minimum Gasteiger partial charge on any atom is -0.368 e. The van der Waals surface area contributed by atoms with Gasteiger partial charge < -0.3 is 5.73 Å². The van der Waals surface area contributed by atoms with E-state index >= 15 is 0 Å². The average Bonchev–Trinajstić information content (AvgIpc) is 2.70. The normalized spacial score (nSPS) is 11.8. The Morgan fingerprint density at radius 1 is 1.24 bits per heavy atom. The maximum absolute atomic E-state index is 12.4. The van der Waals surface area contributed by atoms with E-state index in [9.17, 15) is 13.2 Å². The molecule has 0 radical (unpaired) electrons. The van der Waals surface area contributed by atoms with E-state index in [1.54, 1.807) is 6.92 Å². The molecule has 0 saturated heterocycles. The van der Waals surface area contributed by atoms with Gasteiger partial charge in [-0.25, -0.2) is 15.0 Å². The Morgan fingerprint density at radius 3 is 2.53 bits per heavy atom. The van der Waals surface area contributed by atoms with E-state index < -0.39 is 11.2 Å². The molecule has 0 amide bonds. The monoisotopic (exact) mass is 260 g/mol. The third-order valence-corrected chi connectivity index (χ3v) is 3.02. The molecule has 0 atom stereocenters. The number of nitrogens with two attached hydrogens (primary N) is 1. The van der Waals surface area contributed by atoms with E-state index in [1.165, 1.54) is 6.20 Å². The summed E-state index contributed by atoms with van der Waals surface area (Å²) in [6, 6.07) is 0. The summed E-state index contributed by atoms with van der Waals surface area (Å²) in [5.74, 6) is 0.0209. The summed E-state index contributed by atoms with van der Waals surface area (Å²) in [5.41, 5.74) is 6.43. The van der Waals surface area contributed by atoms with Crippen molar-refractivity contribution in [3.05, 3.63) is 23.0 Å². The van der Waals surface area contributed by atoms with Gasteiger partial charge in [0.2, 0.25) is 5.95 Å². The van der Waals surface area contributed by atoms with Gasteiger partial charge in [-0.2, -0.15) is 13.2 Å². The number of thiazole rings is 1. The summed E-state index contributed by atoms with van der Waals surface area (Å²) in [4.78, 5) is 11.3. The summed E-state index contributed by atoms with van der Waals surface area (Å²) in [6.07, 6.45) is -1.83. The van der Waals surface area contributed by atoms with E-state index in [1.807, 2.05) is 0 Å². The van der Waals surface area contributed by atoms with E-state index in [2.05, 4.69) is 15.0 Å². The molecular formula is C9H7F3N4S. The van der Waals surface area contributed by atoms with Gasteiger partial charge in [0.15, 0.2) is 5.01 Å². The summed E-state index contributed by atoms with van der Waals surface area (Å²) in [6.45, 7) is 1.70. The SMILES string of the molecule is Cc1cnc(N)nc1-c1cnc(C(F)(F)F)s1. The van der Waals surface area contributed by atoms with Crippen LogP contribution in [0.25, 0.3) is 10.6 Å². The van der Waals surface area contributed by atoms with Gasteiger partial charge in [0, 0.05) is 12.4 Å². The highest BCUT2D eigenvalue weighted by Gasteiger charge is 2.34. The van der Waals surface area contributed by atoms with Crippen molar-refractivity contribution in [1.29, 1.82) is 0 Å². The molecule has 0 bridgehead atoms. The van der Waals surface area contributed by atoms with Gasteiger partial charge in [-0.15, -0.1) is 11.3 Å². The van der Waals surface area contributed by atoms with Gasteiger partial charge in [-0.1, -0.05) is 0 Å². The zero-order valence-electron chi connectivity index (χ0n) is 8.62.